The van der Waals surface area contributed by atoms with Crippen LogP contribution in [0.15, 0.2) is 22.8 Å². The van der Waals surface area contributed by atoms with Gasteiger partial charge in [-0.25, -0.2) is 0 Å². The van der Waals surface area contributed by atoms with E-state index >= 15 is 0 Å². The number of hydrogen-bond donors (Lipinski definition) is 2. The van der Waals surface area contributed by atoms with Gasteiger partial charge in [-0.3, -0.25) is 4.79 Å². The first-order chi connectivity index (χ1) is 6.70. The molecule has 0 radical (unpaired) electrons. The number of carbonyl (C=O) groups is 1. The average Bonchev–Trinajstić information content (AvgIpc) is 2.64. The first-order valence-electron chi connectivity index (χ1n) is 4.66. The third kappa shape index (κ3) is 3.62. The van der Waals surface area contributed by atoms with Gasteiger partial charge in [0.1, 0.15) is 5.76 Å². The molecule has 0 saturated carbocycles. The van der Waals surface area contributed by atoms with Crippen LogP contribution in [0.3, 0.4) is 0 Å². The van der Waals surface area contributed by atoms with Crippen molar-refractivity contribution in [2.45, 2.75) is 19.9 Å². The number of carboxylic acid groups (broad SMARTS) is 1. The van der Waals surface area contributed by atoms with Gasteiger partial charge in [-0.2, -0.15) is 0 Å². The van der Waals surface area contributed by atoms with Crippen LogP contribution in [0.4, 0.5) is 0 Å². The third-order valence-electron chi connectivity index (χ3n) is 2.06. The fourth-order valence-electron chi connectivity index (χ4n) is 1.07. The van der Waals surface area contributed by atoms with E-state index < -0.39 is 5.97 Å². The Labute approximate surface area is 82.9 Å². The summed E-state index contributed by atoms with van der Waals surface area (Å²) in [5.41, 5.74) is 0. The molecule has 2 N–H and O–H groups in total. The second-order valence-electron chi connectivity index (χ2n) is 3.28. The first-order valence-corrected chi connectivity index (χ1v) is 4.66. The highest BCUT2D eigenvalue weighted by Gasteiger charge is 2.09. The Kier molecular flexibility index (Phi) is 4.19. The Morgan fingerprint density at radius 3 is 3.07 bits per heavy atom. The van der Waals surface area contributed by atoms with Gasteiger partial charge in [-0.15, -0.1) is 0 Å². The molecule has 4 heteroatoms. The van der Waals surface area contributed by atoms with Gasteiger partial charge in [0.2, 0.25) is 0 Å². The van der Waals surface area contributed by atoms with Crippen molar-refractivity contribution in [1.82, 2.24) is 5.32 Å². The van der Waals surface area contributed by atoms with Crippen molar-refractivity contribution < 1.29 is 14.3 Å². The lowest BCUT2D eigenvalue weighted by molar-refractivity contribution is -0.141. The lowest BCUT2D eigenvalue weighted by atomic mass is 10.1. The summed E-state index contributed by atoms with van der Waals surface area (Å²) in [6.45, 7) is 3.05. The fourth-order valence-corrected chi connectivity index (χ4v) is 1.07. The molecular weight excluding hydrogens is 182 g/mol. The molecular formula is C10H15NO3. The third-order valence-corrected chi connectivity index (χ3v) is 2.06. The molecule has 0 fully saturated rings. The second-order valence-corrected chi connectivity index (χ2v) is 3.28. The van der Waals surface area contributed by atoms with E-state index in [4.69, 9.17) is 9.52 Å². The Bertz CT molecular complexity index is 269. The maximum absolute atomic E-state index is 10.5. The van der Waals surface area contributed by atoms with Crippen LogP contribution in [0, 0.1) is 5.92 Å². The zero-order valence-corrected chi connectivity index (χ0v) is 8.19. The molecule has 78 valence electrons. The van der Waals surface area contributed by atoms with E-state index in [1.807, 2.05) is 12.1 Å². The van der Waals surface area contributed by atoms with Gasteiger partial charge in [0, 0.05) is 0 Å². The highest BCUT2D eigenvalue weighted by molar-refractivity contribution is 5.69. The van der Waals surface area contributed by atoms with Gasteiger partial charge in [-0.05, 0) is 25.1 Å². The first kappa shape index (κ1) is 10.8. The Morgan fingerprint density at radius 2 is 2.50 bits per heavy atom. The van der Waals surface area contributed by atoms with E-state index in [9.17, 15) is 4.79 Å². The monoisotopic (exact) mass is 197 g/mol. The summed E-state index contributed by atoms with van der Waals surface area (Å²) < 4.78 is 5.11. The molecule has 1 heterocycles. The summed E-state index contributed by atoms with van der Waals surface area (Å²) in [6.07, 6.45) is 2.26. The minimum atomic E-state index is -0.746. The minimum Gasteiger partial charge on any atom is -0.481 e. The van der Waals surface area contributed by atoms with Crippen LogP contribution >= 0.6 is 0 Å². The summed E-state index contributed by atoms with van der Waals surface area (Å²) in [5.74, 6) is -0.170. The van der Waals surface area contributed by atoms with Crippen molar-refractivity contribution in [2.24, 2.45) is 5.92 Å². The van der Waals surface area contributed by atoms with Crippen molar-refractivity contribution >= 4 is 5.97 Å². The van der Waals surface area contributed by atoms with Gasteiger partial charge in [0.15, 0.2) is 0 Å². The zero-order valence-electron chi connectivity index (χ0n) is 8.19. The van der Waals surface area contributed by atoms with Crippen molar-refractivity contribution in [3.8, 4) is 0 Å². The summed E-state index contributed by atoms with van der Waals surface area (Å²) in [5, 5.41) is 11.7. The topological polar surface area (TPSA) is 62.5 Å². The summed E-state index contributed by atoms with van der Waals surface area (Å²) in [6, 6.07) is 3.71. The Hall–Kier alpha value is -1.29. The number of furan rings is 1. The van der Waals surface area contributed by atoms with E-state index in [0.717, 1.165) is 5.76 Å². The normalized spacial score (nSPS) is 12.6. The molecule has 0 bridgehead atoms. The van der Waals surface area contributed by atoms with Crippen molar-refractivity contribution in [2.75, 3.05) is 6.54 Å². The highest BCUT2D eigenvalue weighted by Crippen LogP contribution is 2.01. The summed E-state index contributed by atoms with van der Waals surface area (Å²) in [7, 11) is 0. The molecule has 14 heavy (non-hydrogen) atoms. The smallest absolute Gasteiger partial charge is 0.306 e. The second kappa shape index (κ2) is 5.44. The number of aliphatic carboxylic acids is 1. The number of nitrogens with one attached hydrogen (secondary N) is 1. The van der Waals surface area contributed by atoms with E-state index in [1.165, 1.54) is 0 Å². The Morgan fingerprint density at radius 1 is 1.71 bits per heavy atom. The largest absolute Gasteiger partial charge is 0.481 e. The van der Waals surface area contributed by atoms with E-state index in [2.05, 4.69) is 5.32 Å². The van der Waals surface area contributed by atoms with Gasteiger partial charge < -0.3 is 14.8 Å². The Balaban J connectivity index is 2.08. The van der Waals surface area contributed by atoms with Crippen LogP contribution in [-0.2, 0) is 11.3 Å². The molecule has 0 saturated heterocycles. The van der Waals surface area contributed by atoms with E-state index in [-0.39, 0.29) is 5.92 Å². The van der Waals surface area contributed by atoms with Crippen molar-refractivity contribution in [3.05, 3.63) is 24.2 Å². The summed E-state index contributed by atoms with van der Waals surface area (Å²) in [4.78, 5) is 10.5. The van der Waals surface area contributed by atoms with Crippen LogP contribution in [0.2, 0.25) is 0 Å². The minimum absolute atomic E-state index is 0.292. The average molecular weight is 197 g/mol. The standard InChI is InChI=1S/C10H15NO3/c1-8(10(12)13)4-5-11-7-9-3-2-6-14-9/h2-3,6,8,11H,4-5,7H2,1H3,(H,12,13). The van der Waals surface area contributed by atoms with Gasteiger partial charge in [0.05, 0.1) is 18.7 Å². The molecule has 1 aromatic heterocycles. The molecule has 1 atom stereocenters. The molecule has 1 unspecified atom stereocenters. The molecule has 0 spiro atoms. The van der Waals surface area contributed by atoms with Gasteiger partial charge in [0.25, 0.3) is 0 Å². The molecule has 0 aliphatic rings. The van der Waals surface area contributed by atoms with Gasteiger partial charge >= 0.3 is 5.97 Å². The van der Waals surface area contributed by atoms with Crippen molar-refractivity contribution in [3.63, 3.8) is 0 Å². The molecule has 4 nitrogen and oxygen atoms in total. The van der Waals surface area contributed by atoms with E-state index in [0.29, 0.717) is 19.5 Å². The molecule has 1 rings (SSSR count). The van der Waals surface area contributed by atoms with Crippen molar-refractivity contribution in [1.29, 1.82) is 0 Å². The lowest BCUT2D eigenvalue weighted by Crippen LogP contribution is -2.20. The lowest BCUT2D eigenvalue weighted by Gasteiger charge is -2.06. The molecule has 0 aliphatic heterocycles. The maximum Gasteiger partial charge on any atom is 0.306 e. The summed E-state index contributed by atoms with van der Waals surface area (Å²) >= 11 is 0. The zero-order chi connectivity index (χ0) is 10.4. The molecule has 0 aromatic carbocycles. The predicted octanol–water partition coefficient (Wildman–Crippen LogP) is 1.48. The quantitative estimate of drug-likeness (QED) is 0.678. The van der Waals surface area contributed by atoms with Crippen LogP contribution in [-0.4, -0.2) is 17.6 Å². The van der Waals surface area contributed by atoms with Crippen LogP contribution in [0.5, 0.6) is 0 Å². The fraction of sp³-hybridized carbons (Fsp3) is 0.500. The molecule has 0 amide bonds. The van der Waals surface area contributed by atoms with Gasteiger partial charge in [-0.1, -0.05) is 6.92 Å². The van der Waals surface area contributed by atoms with E-state index in [1.54, 1.807) is 13.2 Å². The number of rotatable bonds is 6. The number of carboxylic acids is 1. The molecule has 0 aliphatic carbocycles. The van der Waals surface area contributed by atoms with Crippen LogP contribution in [0.25, 0.3) is 0 Å². The SMILES string of the molecule is CC(CCNCc1ccco1)C(=O)O. The predicted molar refractivity (Wildman–Crippen MR) is 51.8 cm³/mol. The number of hydrogen-bond acceptors (Lipinski definition) is 3. The molecule has 1 aromatic rings. The maximum atomic E-state index is 10.5. The van der Waals surface area contributed by atoms with Crippen LogP contribution in [0.1, 0.15) is 19.1 Å². The highest BCUT2D eigenvalue weighted by atomic mass is 16.4. The van der Waals surface area contributed by atoms with Crippen LogP contribution < -0.4 is 5.32 Å².